The fraction of sp³-hybridized carbons (Fsp3) is 0.926. The van der Waals surface area contributed by atoms with Crippen LogP contribution in [-0.4, -0.2) is 0 Å². The average Bonchev–Trinajstić information content (AvgIpc) is 2.68. The summed E-state index contributed by atoms with van der Waals surface area (Å²) in [7, 11) is 0. The van der Waals surface area contributed by atoms with Crippen molar-refractivity contribution in [3.05, 3.63) is 12.2 Å². The molecule has 0 bridgehead atoms. The van der Waals surface area contributed by atoms with Gasteiger partial charge in [-0.2, -0.15) is 0 Å². The third-order valence-electron chi connectivity index (χ3n) is 5.87. The smallest absolute Gasteiger partial charge is 0.0351 e. The van der Waals surface area contributed by atoms with Crippen molar-refractivity contribution in [3.8, 4) is 0 Å². The molecular weight excluding hydrogens is 324 g/mol. The summed E-state index contributed by atoms with van der Waals surface area (Å²) >= 11 is 0. The lowest BCUT2D eigenvalue weighted by atomic mass is 10.0. The second-order valence-electron chi connectivity index (χ2n) is 8.77. The summed E-state index contributed by atoms with van der Waals surface area (Å²) in [6.45, 7) is 4.59. The Hall–Kier alpha value is -0.260. The van der Waals surface area contributed by atoms with Crippen LogP contribution in [0.15, 0.2) is 12.2 Å². The molecule has 0 amide bonds. The van der Waals surface area contributed by atoms with Gasteiger partial charge in [-0.15, -0.1) is 0 Å². The van der Waals surface area contributed by atoms with E-state index in [1.165, 1.54) is 148 Å². The Morgan fingerprint density at radius 2 is 0.519 bits per heavy atom. The first kappa shape index (κ1) is 26.7. The van der Waals surface area contributed by atoms with Crippen LogP contribution in [0.4, 0.5) is 0 Å². The van der Waals surface area contributed by atoms with Gasteiger partial charge in [-0.3, -0.25) is 0 Å². The Balaban J connectivity index is 3.02. The zero-order chi connectivity index (χ0) is 19.7. The number of rotatable bonds is 23. The fourth-order valence-electron chi connectivity index (χ4n) is 3.91. The van der Waals surface area contributed by atoms with Crippen molar-refractivity contribution in [2.45, 2.75) is 162 Å². The van der Waals surface area contributed by atoms with Crippen LogP contribution in [0.25, 0.3) is 0 Å². The van der Waals surface area contributed by atoms with E-state index in [2.05, 4.69) is 26.0 Å². The largest absolute Gasteiger partial charge is 0.0885 e. The normalized spacial score (nSPS) is 11.6. The average molecular weight is 379 g/mol. The van der Waals surface area contributed by atoms with Crippen molar-refractivity contribution in [1.29, 1.82) is 0 Å². The molecule has 0 aromatic carbocycles. The Labute approximate surface area is 174 Å². The summed E-state index contributed by atoms with van der Waals surface area (Å²) in [5.74, 6) is 0. The van der Waals surface area contributed by atoms with Gasteiger partial charge in [0.15, 0.2) is 0 Å². The van der Waals surface area contributed by atoms with Gasteiger partial charge in [-0.05, 0) is 25.7 Å². The van der Waals surface area contributed by atoms with Crippen LogP contribution in [0.2, 0.25) is 0 Å². The maximum Gasteiger partial charge on any atom is -0.0351 e. The third kappa shape index (κ3) is 25.7. The monoisotopic (exact) mass is 378 g/mol. The van der Waals surface area contributed by atoms with Crippen molar-refractivity contribution >= 4 is 0 Å². The van der Waals surface area contributed by atoms with E-state index in [1.807, 2.05) is 0 Å². The summed E-state index contributed by atoms with van der Waals surface area (Å²) in [6, 6.07) is 0. The molecule has 0 radical (unpaired) electrons. The standard InChI is InChI=1S/C27H54/c1-3-5-7-9-11-13-15-17-19-21-23-25-27-26-24-22-20-18-16-14-12-10-8-6-4-2/h15,17H,3-14,16,18-27H2,1-2H3. The summed E-state index contributed by atoms with van der Waals surface area (Å²) < 4.78 is 0. The second-order valence-corrected chi connectivity index (χ2v) is 8.77. The minimum Gasteiger partial charge on any atom is -0.0885 e. The first-order chi connectivity index (χ1) is 13.4. The molecule has 0 rings (SSSR count). The lowest BCUT2D eigenvalue weighted by molar-refractivity contribution is 0.530. The van der Waals surface area contributed by atoms with Gasteiger partial charge in [0.25, 0.3) is 0 Å². The van der Waals surface area contributed by atoms with Crippen LogP contribution in [0, 0.1) is 0 Å². The highest BCUT2D eigenvalue weighted by atomic mass is 14.0. The molecule has 0 aliphatic rings. The highest BCUT2D eigenvalue weighted by Crippen LogP contribution is 2.14. The molecule has 0 aliphatic carbocycles. The van der Waals surface area contributed by atoms with E-state index in [1.54, 1.807) is 0 Å². The van der Waals surface area contributed by atoms with Crippen molar-refractivity contribution in [1.82, 2.24) is 0 Å². The topological polar surface area (TPSA) is 0 Å². The third-order valence-corrected chi connectivity index (χ3v) is 5.87. The first-order valence-electron chi connectivity index (χ1n) is 13.1. The molecule has 0 atom stereocenters. The predicted molar refractivity (Wildman–Crippen MR) is 127 cm³/mol. The lowest BCUT2D eigenvalue weighted by Gasteiger charge is -2.03. The Morgan fingerprint density at radius 1 is 0.296 bits per heavy atom. The molecule has 0 saturated carbocycles. The Kier molecular flexibility index (Phi) is 25.5. The van der Waals surface area contributed by atoms with E-state index in [9.17, 15) is 0 Å². The van der Waals surface area contributed by atoms with Crippen LogP contribution in [-0.2, 0) is 0 Å². The van der Waals surface area contributed by atoms with E-state index in [4.69, 9.17) is 0 Å². The maximum atomic E-state index is 2.43. The van der Waals surface area contributed by atoms with Gasteiger partial charge in [0.1, 0.15) is 0 Å². The van der Waals surface area contributed by atoms with E-state index in [0.717, 1.165) is 0 Å². The van der Waals surface area contributed by atoms with Crippen molar-refractivity contribution < 1.29 is 0 Å². The predicted octanol–water partition coefficient (Wildman–Crippen LogP) is 10.6. The summed E-state index contributed by atoms with van der Waals surface area (Å²) in [4.78, 5) is 0. The molecule has 0 aromatic heterocycles. The highest BCUT2D eigenvalue weighted by molar-refractivity contribution is 4.81. The van der Waals surface area contributed by atoms with Crippen LogP contribution >= 0.6 is 0 Å². The Morgan fingerprint density at radius 3 is 0.778 bits per heavy atom. The summed E-state index contributed by atoms with van der Waals surface area (Å²) in [6.07, 6.45) is 37.9. The summed E-state index contributed by atoms with van der Waals surface area (Å²) in [5, 5.41) is 0. The van der Waals surface area contributed by atoms with Gasteiger partial charge in [0.2, 0.25) is 0 Å². The molecule has 0 aromatic rings. The van der Waals surface area contributed by atoms with Crippen LogP contribution in [0.5, 0.6) is 0 Å². The van der Waals surface area contributed by atoms with Crippen molar-refractivity contribution in [2.24, 2.45) is 0 Å². The van der Waals surface area contributed by atoms with E-state index in [0.29, 0.717) is 0 Å². The van der Waals surface area contributed by atoms with Gasteiger partial charge in [-0.1, -0.05) is 148 Å². The molecule has 27 heavy (non-hydrogen) atoms. The Bertz CT molecular complexity index is 265. The van der Waals surface area contributed by atoms with Crippen molar-refractivity contribution in [2.75, 3.05) is 0 Å². The van der Waals surface area contributed by atoms with Gasteiger partial charge in [0, 0.05) is 0 Å². The van der Waals surface area contributed by atoms with Crippen LogP contribution in [0.1, 0.15) is 162 Å². The number of unbranched alkanes of at least 4 members (excludes halogenated alkanes) is 21. The molecular formula is C27H54. The quantitative estimate of drug-likeness (QED) is 0.122. The molecule has 0 unspecified atom stereocenters. The maximum absolute atomic E-state index is 2.43. The van der Waals surface area contributed by atoms with E-state index >= 15 is 0 Å². The number of hydrogen-bond donors (Lipinski definition) is 0. The molecule has 0 nitrogen and oxygen atoms in total. The molecule has 0 aliphatic heterocycles. The van der Waals surface area contributed by atoms with Gasteiger partial charge < -0.3 is 0 Å². The molecule has 162 valence electrons. The highest BCUT2D eigenvalue weighted by Gasteiger charge is 1.94. The zero-order valence-corrected chi connectivity index (χ0v) is 19.4. The second kappa shape index (κ2) is 25.7. The number of hydrogen-bond acceptors (Lipinski definition) is 0. The fourth-order valence-corrected chi connectivity index (χ4v) is 3.91. The van der Waals surface area contributed by atoms with Crippen molar-refractivity contribution in [3.63, 3.8) is 0 Å². The minimum absolute atomic E-state index is 1.31. The van der Waals surface area contributed by atoms with Gasteiger partial charge >= 0.3 is 0 Å². The van der Waals surface area contributed by atoms with E-state index < -0.39 is 0 Å². The molecule has 0 fully saturated rings. The van der Waals surface area contributed by atoms with Crippen LogP contribution < -0.4 is 0 Å². The van der Waals surface area contributed by atoms with Gasteiger partial charge in [-0.25, -0.2) is 0 Å². The molecule has 0 saturated heterocycles. The van der Waals surface area contributed by atoms with Gasteiger partial charge in [0.05, 0.1) is 0 Å². The SMILES string of the molecule is CCCCCCCC=CCCCCCCCCCCCCCCCCCC. The first-order valence-corrected chi connectivity index (χ1v) is 13.1. The molecule has 0 heteroatoms. The zero-order valence-electron chi connectivity index (χ0n) is 19.4. The lowest BCUT2D eigenvalue weighted by Crippen LogP contribution is -1.83. The van der Waals surface area contributed by atoms with Crippen LogP contribution in [0.3, 0.4) is 0 Å². The summed E-state index contributed by atoms with van der Waals surface area (Å²) in [5.41, 5.74) is 0. The molecule has 0 heterocycles. The molecule has 0 N–H and O–H groups in total. The number of allylic oxidation sites excluding steroid dienone is 2. The molecule has 0 spiro atoms. The van der Waals surface area contributed by atoms with E-state index in [-0.39, 0.29) is 0 Å². The minimum atomic E-state index is 1.31.